The van der Waals surface area contributed by atoms with Gasteiger partial charge in [-0.3, -0.25) is 13.9 Å². The van der Waals surface area contributed by atoms with E-state index in [4.69, 9.17) is 23.2 Å². The van der Waals surface area contributed by atoms with Crippen LogP contribution in [0.25, 0.3) is 0 Å². The molecule has 1 unspecified atom stereocenters. The van der Waals surface area contributed by atoms with Crippen molar-refractivity contribution in [2.75, 3.05) is 23.7 Å². The molecule has 2 aromatic rings. The first kappa shape index (κ1) is 28.8. The van der Waals surface area contributed by atoms with E-state index in [1.54, 1.807) is 18.2 Å². The van der Waals surface area contributed by atoms with Gasteiger partial charge in [0.05, 0.1) is 11.9 Å². The predicted octanol–water partition coefficient (Wildman–Crippen LogP) is 4.23. The third-order valence-corrected chi connectivity index (χ3v) is 6.96. The van der Waals surface area contributed by atoms with Gasteiger partial charge in [-0.25, -0.2) is 17.2 Å². The molecule has 7 nitrogen and oxygen atoms in total. The molecule has 0 spiro atoms. The fourth-order valence-corrected chi connectivity index (χ4v) is 4.50. The number of benzene rings is 2. The number of amides is 2. The molecule has 0 bridgehead atoms. The summed E-state index contributed by atoms with van der Waals surface area (Å²) >= 11 is 12.5. The van der Waals surface area contributed by atoms with Crippen molar-refractivity contribution >= 4 is 50.7 Å². The number of hydrogen-bond acceptors (Lipinski definition) is 4. The summed E-state index contributed by atoms with van der Waals surface area (Å²) in [5.41, 5.74) is 0.124. The zero-order valence-electron chi connectivity index (χ0n) is 19.7. The molecule has 192 valence electrons. The number of carbonyl (C=O) groups is 2. The van der Waals surface area contributed by atoms with Gasteiger partial charge >= 0.3 is 0 Å². The first-order valence-electron chi connectivity index (χ1n) is 10.6. The third kappa shape index (κ3) is 7.78. The van der Waals surface area contributed by atoms with Crippen LogP contribution in [-0.4, -0.2) is 50.5 Å². The number of halogens is 4. The van der Waals surface area contributed by atoms with Crippen LogP contribution in [0.2, 0.25) is 10.0 Å². The van der Waals surface area contributed by atoms with Crippen LogP contribution in [0.1, 0.15) is 26.3 Å². The smallest absolute Gasteiger partial charge is 0.244 e. The van der Waals surface area contributed by atoms with E-state index in [0.29, 0.717) is 22.5 Å². The Hall–Kier alpha value is -2.43. The minimum atomic E-state index is -4.09. The Morgan fingerprint density at radius 2 is 1.63 bits per heavy atom. The van der Waals surface area contributed by atoms with Crippen LogP contribution in [0.3, 0.4) is 0 Å². The molecule has 0 aliphatic carbocycles. The quantitative estimate of drug-likeness (QED) is 0.480. The highest BCUT2D eigenvalue weighted by molar-refractivity contribution is 7.92. The number of nitrogens with one attached hydrogen (secondary N) is 1. The summed E-state index contributed by atoms with van der Waals surface area (Å²) < 4.78 is 52.8. The Morgan fingerprint density at radius 3 is 2.14 bits per heavy atom. The van der Waals surface area contributed by atoms with Gasteiger partial charge in [0.2, 0.25) is 21.8 Å². The second kappa shape index (κ2) is 12.0. The molecule has 0 heterocycles. The Bertz CT molecular complexity index is 1180. The maximum atomic E-state index is 13.8. The Kier molecular flexibility index (Phi) is 9.88. The average molecular weight is 550 g/mol. The lowest BCUT2D eigenvalue weighted by molar-refractivity contribution is -0.139. The molecule has 1 N–H and O–H groups in total. The van der Waals surface area contributed by atoms with Gasteiger partial charge in [0.1, 0.15) is 12.6 Å². The van der Waals surface area contributed by atoms with Crippen LogP contribution in [-0.2, 0) is 26.2 Å². The highest BCUT2D eigenvalue weighted by Crippen LogP contribution is 2.27. The lowest BCUT2D eigenvalue weighted by Gasteiger charge is -2.32. The summed E-state index contributed by atoms with van der Waals surface area (Å²) in [4.78, 5) is 27.4. The van der Waals surface area contributed by atoms with Crippen LogP contribution in [0, 0.1) is 17.6 Å². The van der Waals surface area contributed by atoms with Gasteiger partial charge < -0.3 is 10.2 Å². The topological polar surface area (TPSA) is 86.8 Å². The van der Waals surface area contributed by atoms with Crippen molar-refractivity contribution in [3.05, 3.63) is 63.6 Å². The zero-order chi connectivity index (χ0) is 26.5. The third-order valence-electron chi connectivity index (χ3n) is 5.11. The molecular formula is C23H27Cl2F2N3O4S. The van der Waals surface area contributed by atoms with Crippen molar-refractivity contribution in [3.63, 3.8) is 0 Å². The monoisotopic (exact) mass is 549 g/mol. The minimum absolute atomic E-state index is 0.155. The van der Waals surface area contributed by atoms with Crippen LogP contribution in [0.15, 0.2) is 36.4 Å². The SMILES string of the molecule is CC(C)CNC(=O)C(C)N(Cc1c(Cl)cccc1Cl)C(=O)CN(c1ccc(F)c(F)c1)S(C)(=O)=O. The summed E-state index contributed by atoms with van der Waals surface area (Å²) in [6, 6.07) is 6.21. The van der Waals surface area contributed by atoms with Crippen molar-refractivity contribution < 1.29 is 26.8 Å². The highest BCUT2D eigenvalue weighted by atomic mass is 35.5. The molecule has 2 rings (SSSR count). The van der Waals surface area contributed by atoms with Crippen LogP contribution in [0.5, 0.6) is 0 Å². The van der Waals surface area contributed by atoms with Gasteiger partial charge in [-0.05, 0) is 37.1 Å². The molecule has 0 fully saturated rings. The fraction of sp³-hybridized carbons (Fsp3) is 0.391. The summed E-state index contributed by atoms with van der Waals surface area (Å²) in [6.45, 7) is 4.70. The largest absolute Gasteiger partial charge is 0.354 e. The Balaban J connectivity index is 2.45. The van der Waals surface area contributed by atoms with Gasteiger partial charge in [-0.1, -0.05) is 43.1 Å². The summed E-state index contributed by atoms with van der Waals surface area (Å²) in [5, 5.41) is 3.25. The molecule has 35 heavy (non-hydrogen) atoms. The Labute approximate surface area is 214 Å². The molecule has 0 aliphatic heterocycles. The van der Waals surface area contributed by atoms with E-state index in [9.17, 15) is 26.8 Å². The van der Waals surface area contributed by atoms with Crippen molar-refractivity contribution in [1.82, 2.24) is 10.2 Å². The van der Waals surface area contributed by atoms with Crippen LogP contribution >= 0.6 is 23.2 Å². The van der Waals surface area contributed by atoms with Gasteiger partial charge in [0, 0.05) is 34.8 Å². The standard InChI is InChI=1S/C23H27Cl2F2N3O4S/c1-14(2)11-28-23(32)15(3)29(12-17-18(24)6-5-7-19(17)25)22(31)13-30(35(4,33)34)16-8-9-20(26)21(27)10-16/h5-10,14-15H,11-13H2,1-4H3,(H,28,32). The first-order chi connectivity index (χ1) is 16.2. The maximum absolute atomic E-state index is 13.8. The van der Waals surface area contributed by atoms with E-state index in [0.717, 1.165) is 23.3 Å². The van der Waals surface area contributed by atoms with Gasteiger partial charge in [0.25, 0.3) is 0 Å². The number of nitrogens with zero attached hydrogens (tertiary/aromatic N) is 2. The predicted molar refractivity (Wildman–Crippen MR) is 133 cm³/mol. The zero-order valence-corrected chi connectivity index (χ0v) is 22.0. The van der Waals surface area contributed by atoms with Crippen LogP contribution in [0.4, 0.5) is 14.5 Å². The molecule has 0 radical (unpaired) electrons. The lowest BCUT2D eigenvalue weighted by Crippen LogP contribution is -2.51. The normalized spacial score (nSPS) is 12.4. The summed E-state index contributed by atoms with van der Waals surface area (Å²) in [5.74, 6) is -3.52. The van der Waals surface area contributed by atoms with E-state index >= 15 is 0 Å². The second-order valence-corrected chi connectivity index (χ2v) is 11.1. The lowest BCUT2D eigenvalue weighted by atomic mass is 10.1. The molecule has 0 saturated heterocycles. The number of carbonyl (C=O) groups excluding carboxylic acids is 2. The summed E-state index contributed by atoms with van der Waals surface area (Å²) in [6.07, 6.45) is 0.829. The highest BCUT2D eigenvalue weighted by Gasteiger charge is 2.31. The fourth-order valence-electron chi connectivity index (χ4n) is 3.14. The van der Waals surface area contributed by atoms with Gasteiger partial charge in [-0.15, -0.1) is 0 Å². The first-order valence-corrected chi connectivity index (χ1v) is 13.3. The molecule has 12 heteroatoms. The van der Waals surface area contributed by atoms with E-state index in [1.165, 1.54) is 6.92 Å². The number of rotatable bonds is 10. The molecule has 0 aromatic heterocycles. The van der Waals surface area contributed by atoms with Crippen molar-refractivity contribution in [1.29, 1.82) is 0 Å². The average Bonchev–Trinajstić information content (AvgIpc) is 2.76. The summed E-state index contributed by atoms with van der Waals surface area (Å²) in [7, 11) is -4.09. The van der Waals surface area contributed by atoms with Crippen molar-refractivity contribution in [2.45, 2.75) is 33.4 Å². The van der Waals surface area contributed by atoms with E-state index < -0.39 is 46.1 Å². The number of anilines is 1. The molecule has 0 aliphatic rings. The maximum Gasteiger partial charge on any atom is 0.244 e. The number of hydrogen-bond donors (Lipinski definition) is 1. The molecule has 1 atom stereocenters. The van der Waals surface area contributed by atoms with E-state index in [2.05, 4.69) is 5.32 Å². The van der Waals surface area contributed by atoms with Gasteiger partial charge in [0.15, 0.2) is 11.6 Å². The van der Waals surface area contributed by atoms with E-state index in [-0.39, 0.29) is 28.2 Å². The Morgan fingerprint density at radius 1 is 1.03 bits per heavy atom. The molecule has 0 saturated carbocycles. The molecule has 2 amide bonds. The molecule has 2 aromatic carbocycles. The minimum Gasteiger partial charge on any atom is -0.354 e. The second-order valence-electron chi connectivity index (χ2n) is 8.40. The van der Waals surface area contributed by atoms with Crippen molar-refractivity contribution in [2.24, 2.45) is 5.92 Å². The van der Waals surface area contributed by atoms with Gasteiger partial charge in [-0.2, -0.15) is 0 Å². The van der Waals surface area contributed by atoms with Crippen LogP contribution < -0.4 is 9.62 Å². The van der Waals surface area contributed by atoms with Crippen molar-refractivity contribution in [3.8, 4) is 0 Å². The van der Waals surface area contributed by atoms with E-state index in [1.807, 2.05) is 13.8 Å². The molecular weight excluding hydrogens is 523 g/mol. The number of sulfonamides is 1.